The lowest BCUT2D eigenvalue weighted by Gasteiger charge is -2.06. The van der Waals surface area contributed by atoms with E-state index in [-0.39, 0.29) is 12.6 Å². The molecule has 0 fully saturated rings. The third kappa shape index (κ3) is 6.94. The lowest BCUT2D eigenvalue weighted by atomic mass is 10.2. The molecule has 0 unspecified atom stereocenters. The number of carbonyl (C=O) groups excluding carboxylic acids is 1. The van der Waals surface area contributed by atoms with E-state index in [9.17, 15) is 4.79 Å². The van der Waals surface area contributed by atoms with Gasteiger partial charge in [-0.1, -0.05) is 50.8 Å². The van der Waals surface area contributed by atoms with Crippen LogP contribution in [0.3, 0.4) is 0 Å². The van der Waals surface area contributed by atoms with Gasteiger partial charge in [0.25, 0.3) is 0 Å². The average Bonchev–Trinajstić information content (AvgIpc) is 2.41. The van der Waals surface area contributed by atoms with E-state index < -0.39 is 0 Å². The Bertz CT molecular complexity index is 322. The molecule has 0 aromatic heterocycles. The fourth-order valence-electron chi connectivity index (χ4n) is 1.59. The van der Waals surface area contributed by atoms with Gasteiger partial charge in [-0.05, 0) is 18.6 Å². The summed E-state index contributed by atoms with van der Waals surface area (Å²) in [6.45, 7) is 2.67. The van der Waals surface area contributed by atoms with Gasteiger partial charge in [-0.3, -0.25) is 0 Å². The highest BCUT2D eigenvalue weighted by atomic mass is 16.6. The number of carbonyl (C=O) groups is 1. The number of rotatable bonds is 9. The summed E-state index contributed by atoms with van der Waals surface area (Å²) >= 11 is 0. The lowest BCUT2D eigenvalue weighted by molar-refractivity contribution is -0.146. The van der Waals surface area contributed by atoms with E-state index in [0.29, 0.717) is 12.4 Å². The van der Waals surface area contributed by atoms with Crippen molar-refractivity contribution >= 4 is 5.97 Å². The second-order valence-corrected chi connectivity index (χ2v) is 4.24. The van der Waals surface area contributed by atoms with Crippen LogP contribution in [0.15, 0.2) is 30.3 Å². The third-order valence-electron chi connectivity index (χ3n) is 2.61. The van der Waals surface area contributed by atoms with Crippen molar-refractivity contribution in [3.8, 4) is 5.75 Å². The van der Waals surface area contributed by atoms with Crippen LogP contribution in [0.25, 0.3) is 0 Å². The number of hydrogen-bond donors (Lipinski definition) is 0. The van der Waals surface area contributed by atoms with Crippen molar-refractivity contribution < 1.29 is 14.3 Å². The predicted molar refractivity (Wildman–Crippen MR) is 71.7 cm³/mol. The quantitative estimate of drug-likeness (QED) is 0.496. The molecule has 0 amide bonds. The molecular weight excluding hydrogens is 228 g/mol. The van der Waals surface area contributed by atoms with Crippen molar-refractivity contribution in [2.75, 3.05) is 13.2 Å². The molecule has 1 aromatic rings. The SMILES string of the molecule is CCCCCCCOC(=O)COc1ccccc1. The Morgan fingerprint density at radius 1 is 1.06 bits per heavy atom. The third-order valence-corrected chi connectivity index (χ3v) is 2.61. The van der Waals surface area contributed by atoms with Crippen molar-refractivity contribution in [3.63, 3.8) is 0 Å². The molecule has 0 saturated carbocycles. The summed E-state index contributed by atoms with van der Waals surface area (Å²) in [7, 11) is 0. The van der Waals surface area contributed by atoms with Crippen LogP contribution in [0, 0.1) is 0 Å². The molecule has 0 aliphatic rings. The molecule has 18 heavy (non-hydrogen) atoms. The van der Waals surface area contributed by atoms with Gasteiger partial charge < -0.3 is 9.47 Å². The van der Waals surface area contributed by atoms with Gasteiger partial charge >= 0.3 is 5.97 Å². The number of benzene rings is 1. The molecule has 0 bridgehead atoms. The summed E-state index contributed by atoms with van der Waals surface area (Å²) in [5.74, 6) is 0.395. The number of esters is 1. The molecule has 3 nitrogen and oxygen atoms in total. The van der Waals surface area contributed by atoms with Gasteiger partial charge in [0.2, 0.25) is 0 Å². The summed E-state index contributed by atoms with van der Waals surface area (Å²) in [5.41, 5.74) is 0. The van der Waals surface area contributed by atoms with Crippen LogP contribution in [-0.4, -0.2) is 19.2 Å². The standard InChI is InChI=1S/C15H22O3/c1-2-3-4-5-9-12-17-15(16)13-18-14-10-7-6-8-11-14/h6-8,10-11H,2-5,9,12-13H2,1H3. The molecule has 0 atom stereocenters. The smallest absolute Gasteiger partial charge is 0.344 e. The minimum atomic E-state index is -0.297. The van der Waals surface area contributed by atoms with E-state index >= 15 is 0 Å². The summed E-state index contributed by atoms with van der Waals surface area (Å²) in [5, 5.41) is 0. The van der Waals surface area contributed by atoms with Crippen molar-refractivity contribution in [1.29, 1.82) is 0 Å². The van der Waals surface area contributed by atoms with Gasteiger partial charge in [0.1, 0.15) is 5.75 Å². The number of unbranched alkanes of at least 4 members (excludes halogenated alkanes) is 4. The van der Waals surface area contributed by atoms with E-state index in [0.717, 1.165) is 12.8 Å². The fourth-order valence-corrected chi connectivity index (χ4v) is 1.59. The largest absolute Gasteiger partial charge is 0.482 e. The predicted octanol–water partition coefficient (Wildman–Crippen LogP) is 3.58. The molecule has 0 saturated heterocycles. The molecule has 1 aromatic carbocycles. The first-order valence-electron chi connectivity index (χ1n) is 6.66. The molecule has 0 aliphatic heterocycles. The van der Waals surface area contributed by atoms with Crippen molar-refractivity contribution in [2.45, 2.75) is 39.0 Å². The first-order chi connectivity index (χ1) is 8.83. The van der Waals surface area contributed by atoms with Crippen molar-refractivity contribution in [1.82, 2.24) is 0 Å². The number of ether oxygens (including phenoxy) is 2. The molecule has 0 radical (unpaired) electrons. The minimum Gasteiger partial charge on any atom is -0.482 e. The summed E-state index contributed by atoms with van der Waals surface area (Å²) in [6.07, 6.45) is 5.77. The second kappa shape index (κ2) is 9.51. The Balaban J connectivity index is 2.01. The maximum absolute atomic E-state index is 11.4. The molecule has 0 spiro atoms. The summed E-state index contributed by atoms with van der Waals surface area (Å²) < 4.78 is 10.4. The molecule has 0 aliphatic carbocycles. The van der Waals surface area contributed by atoms with Crippen LogP contribution >= 0.6 is 0 Å². The van der Waals surface area contributed by atoms with Crippen LogP contribution < -0.4 is 4.74 Å². The number of hydrogen-bond acceptors (Lipinski definition) is 3. The van der Waals surface area contributed by atoms with Gasteiger partial charge in [-0.25, -0.2) is 4.79 Å². The molecule has 100 valence electrons. The zero-order valence-corrected chi connectivity index (χ0v) is 11.1. The van der Waals surface area contributed by atoms with Crippen LogP contribution in [0.2, 0.25) is 0 Å². The Hall–Kier alpha value is -1.51. The van der Waals surface area contributed by atoms with Gasteiger partial charge in [-0.2, -0.15) is 0 Å². The van der Waals surface area contributed by atoms with Gasteiger partial charge in [0.05, 0.1) is 6.61 Å². The molecule has 0 N–H and O–H groups in total. The van der Waals surface area contributed by atoms with Gasteiger partial charge in [0.15, 0.2) is 6.61 Å². The van der Waals surface area contributed by atoms with Gasteiger partial charge in [-0.15, -0.1) is 0 Å². The topological polar surface area (TPSA) is 35.5 Å². The first kappa shape index (κ1) is 14.6. The van der Waals surface area contributed by atoms with E-state index in [2.05, 4.69) is 6.92 Å². The van der Waals surface area contributed by atoms with Crippen LogP contribution in [-0.2, 0) is 9.53 Å². The van der Waals surface area contributed by atoms with E-state index in [1.54, 1.807) is 0 Å². The fraction of sp³-hybridized carbons (Fsp3) is 0.533. The van der Waals surface area contributed by atoms with Gasteiger partial charge in [0, 0.05) is 0 Å². The second-order valence-electron chi connectivity index (χ2n) is 4.24. The summed E-state index contributed by atoms with van der Waals surface area (Å²) in [6, 6.07) is 9.28. The van der Waals surface area contributed by atoms with E-state index in [4.69, 9.17) is 9.47 Å². The zero-order chi connectivity index (χ0) is 13.1. The Labute approximate surface area is 109 Å². The average molecular weight is 250 g/mol. The molecule has 3 heteroatoms. The minimum absolute atomic E-state index is 0.0149. The Kier molecular flexibility index (Phi) is 7.69. The molecular formula is C15H22O3. The first-order valence-corrected chi connectivity index (χ1v) is 6.66. The molecule has 0 heterocycles. The maximum Gasteiger partial charge on any atom is 0.344 e. The normalized spacial score (nSPS) is 10.1. The monoisotopic (exact) mass is 250 g/mol. The highest BCUT2D eigenvalue weighted by molar-refractivity contribution is 5.71. The Morgan fingerprint density at radius 3 is 2.50 bits per heavy atom. The lowest BCUT2D eigenvalue weighted by Crippen LogP contribution is -2.15. The van der Waals surface area contributed by atoms with E-state index in [1.165, 1.54) is 19.3 Å². The van der Waals surface area contributed by atoms with Crippen LogP contribution in [0.4, 0.5) is 0 Å². The zero-order valence-electron chi connectivity index (χ0n) is 11.1. The van der Waals surface area contributed by atoms with Crippen molar-refractivity contribution in [2.24, 2.45) is 0 Å². The van der Waals surface area contributed by atoms with Crippen LogP contribution in [0.5, 0.6) is 5.75 Å². The summed E-state index contributed by atoms with van der Waals surface area (Å²) in [4.78, 5) is 11.4. The number of para-hydroxylation sites is 1. The van der Waals surface area contributed by atoms with Crippen LogP contribution in [0.1, 0.15) is 39.0 Å². The highest BCUT2D eigenvalue weighted by Crippen LogP contribution is 2.08. The van der Waals surface area contributed by atoms with E-state index in [1.807, 2.05) is 30.3 Å². The highest BCUT2D eigenvalue weighted by Gasteiger charge is 2.03. The maximum atomic E-state index is 11.4. The molecule has 1 rings (SSSR count). The van der Waals surface area contributed by atoms with Crippen molar-refractivity contribution in [3.05, 3.63) is 30.3 Å². The Morgan fingerprint density at radius 2 is 1.78 bits per heavy atom.